The van der Waals surface area contributed by atoms with Crippen LogP contribution in [0.25, 0.3) is 27.8 Å². The van der Waals surface area contributed by atoms with Crippen LogP contribution >= 0.6 is 0 Å². The molecule has 3 heterocycles. The minimum absolute atomic E-state index is 0.242. The van der Waals surface area contributed by atoms with Gasteiger partial charge in [0, 0.05) is 50.2 Å². The Hall–Kier alpha value is -3.16. The fourth-order valence-electron chi connectivity index (χ4n) is 4.08. The Morgan fingerprint density at radius 1 is 1.06 bits per heavy atom. The third-order valence-corrected chi connectivity index (χ3v) is 5.75. The van der Waals surface area contributed by atoms with Gasteiger partial charge in [0.05, 0.1) is 28.8 Å². The molecular formula is C25H29N5O2. The van der Waals surface area contributed by atoms with E-state index in [1.165, 1.54) is 0 Å². The summed E-state index contributed by atoms with van der Waals surface area (Å²) in [4.78, 5) is 11.9. The lowest BCUT2D eigenvalue weighted by Gasteiger charge is -2.39. The van der Waals surface area contributed by atoms with Crippen LogP contribution in [0.15, 0.2) is 54.9 Å². The summed E-state index contributed by atoms with van der Waals surface area (Å²) < 4.78 is 13.4. The SMILES string of the molecule is CCCOCCCOc1ccc2c(c1)ncn2-c1ccc2cccc(N3CC(N)C3)c2n1. The van der Waals surface area contributed by atoms with Gasteiger partial charge in [-0.3, -0.25) is 4.57 Å². The van der Waals surface area contributed by atoms with Gasteiger partial charge in [-0.25, -0.2) is 9.97 Å². The fourth-order valence-corrected chi connectivity index (χ4v) is 4.08. The van der Waals surface area contributed by atoms with Gasteiger partial charge in [0.25, 0.3) is 0 Å². The Balaban J connectivity index is 1.37. The highest BCUT2D eigenvalue weighted by molar-refractivity contribution is 5.92. The van der Waals surface area contributed by atoms with Crippen molar-refractivity contribution in [2.24, 2.45) is 5.73 Å². The number of para-hydroxylation sites is 1. The molecule has 1 aliphatic heterocycles. The van der Waals surface area contributed by atoms with Gasteiger partial charge in [0.2, 0.25) is 0 Å². The van der Waals surface area contributed by atoms with E-state index in [0.717, 1.165) is 78.3 Å². The van der Waals surface area contributed by atoms with Crippen molar-refractivity contribution in [1.29, 1.82) is 0 Å². The number of ether oxygens (including phenoxy) is 2. The van der Waals surface area contributed by atoms with Crippen molar-refractivity contribution in [3.8, 4) is 11.6 Å². The molecular weight excluding hydrogens is 402 g/mol. The lowest BCUT2D eigenvalue weighted by molar-refractivity contribution is 0.120. The Kier molecular flexibility index (Phi) is 5.92. The molecule has 0 unspecified atom stereocenters. The first-order valence-electron chi connectivity index (χ1n) is 11.3. The zero-order valence-corrected chi connectivity index (χ0v) is 18.4. The van der Waals surface area contributed by atoms with Gasteiger partial charge in [-0.2, -0.15) is 0 Å². The number of rotatable bonds is 9. The average molecular weight is 432 g/mol. The number of hydrogen-bond donors (Lipinski definition) is 1. The van der Waals surface area contributed by atoms with Crippen molar-refractivity contribution in [3.05, 3.63) is 54.9 Å². The quantitative estimate of drug-likeness (QED) is 0.405. The molecule has 4 aromatic rings. The summed E-state index contributed by atoms with van der Waals surface area (Å²) in [7, 11) is 0. The minimum Gasteiger partial charge on any atom is -0.493 e. The van der Waals surface area contributed by atoms with Crippen LogP contribution in [-0.2, 0) is 4.74 Å². The first kappa shape index (κ1) is 20.7. The van der Waals surface area contributed by atoms with Gasteiger partial charge in [-0.15, -0.1) is 0 Å². The maximum Gasteiger partial charge on any atom is 0.139 e. The number of pyridine rings is 1. The lowest BCUT2D eigenvalue weighted by atomic mass is 10.1. The molecule has 0 atom stereocenters. The topological polar surface area (TPSA) is 78.4 Å². The van der Waals surface area contributed by atoms with E-state index in [1.807, 2.05) is 35.2 Å². The van der Waals surface area contributed by atoms with Gasteiger partial charge in [0.1, 0.15) is 17.9 Å². The van der Waals surface area contributed by atoms with E-state index in [4.69, 9.17) is 20.2 Å². The largest absolute Gasteiger partial charge is 0.493 e. The molecule has 5 rings (SSSR count). The van der Waals surface area contributed by atoms with Gasteiger partial charge in [-0.05, 0) is 36.8 Å². The first-order chi connectivity index (χ1) is 15.7. The molecule has 0 amide bonds. The number of aromatic nitrogens is 3. The van der Waals surface area contributed by atoms with Crippen molar-refractivity contribution in [2.75, 3.05) is 37.8 Å². The molecule has 7 nitrogen and oxygen atoms in total. The first-order valence-corrected chi connectivity index (χ1v) is 11.3. The van der Waals surface area contributed by atoms with Crippen LogP contribution in [0.2, 0.25) is 0 Å². The number of imidazole rings is 1. The minimum atomic E-state index is 0.242. The lowest BCUT2D eigenvalue weighted by Crippen LogP contribution is -2.55. The van der Waals surface area contributed by atoms with Crippen molar-refractivity contribution in [3.63, 3.8) is 0 Å². The number of fused-ring (bicyclic) bond motifs is 2. The number of anilines is 1. The van der Waals surface area contributed by atoms with E-state index in [1.54, 1.807) is 0 Å². The van der Waals surface area contributed by atoms with E-state index in [-0.39, 0.29) is 6.04 Å². The maximum absolute atomic E-state index is 6.00. The fraction of sp³-hybridized carbons (Fsp3) is 0.360. The molecule has 1 aliphatic rings. The zero-order valence-electron chi connectivity index (χ0n) is 18.4. The molecule has 1 saturated heterocycles. The standard InChI is InChI=1S/C25H29N5O2/c1-2-11-31-12-4-13-32-20-8-9-22-21(14-20)27-17-30(22)24-10-7-18-5-3-6-23(25(18)28-24)29-15-19(26)16-29/h3,5-10,14,17,19H,2,4,11-13,15-16,26H2,1H3. The van der Waals surface area contributed by atoms with Gasteiger partial charge in [0.15, 0.2) is 0 Å². The number of nitrogens with two attached hydrogens (primary N) is 1. The second-order valence-electron chi connectivity index (χ2n) is 8.26. The molecule has 1 fully saturated rings. The Labute approximate surface area is 187 Å². The van der Waals surface area contributed by atoms with Crippen LogP contribution in [0.4, 0.5) is 5.69 Å². The van der Waals surface area contributed by atoms with Gasteiger partial charge >= 0.3 is 0 Å². The van der Waals surface area contributed by atoms with Crippen LogP contribution < -0.4 is 15.4 Å². The summed E-state index contributed by atoms with van der Waals surface area (Å²) in [5.41, 5.74) is 10.0. The highest BCUT2D eigenvalue weighted by Crippen LogP contribution is 2.30. The molecule has 7 heteroatoms. The predicted octanol–water partition coefficient (Wildman–Crippen LogP) is 3.92. The molecule has 2 aromatic carbocycles. The molecule has 0 spiro atoms. The summed E-state index contributed by atoms with van der Waals surface area (Å²) >= 11 is 0. The highest BCUT2D eigenvalue weighted by Gasteiger charge is 2.25. The molecule has 2 aromatic heterocycles. The Bertz CT molecular complexity index is 1220. The van der Waals surface area contributed by atoms with Gasteiger partial charge in [-0.1, -0.05) is 19.1 Å². The highest BCUT2D eigenvalue weighted by atomic mass is 16.5. The normalized spacial score (nSPS) is 14.2. The van der Waals surface area contributed by atoms with Crippen molar-refractivity contribution in [1.82, 2.24) is 14.5 Å². The van der Waals surface area contributed by atoms with Crippen LogP contribution in [0.1, 0.15) is 19.8 Å². The van der Waals surface area contributed by atoms with E-state index in [2.05, 4.69) is 41.1 Å². The van der Waals surface area contributed by atoms with Crippen molar-refractivity contribution >= 4 is 27.6 Å². The molecule has 32 heavy (non-hydrogen) atoms. The van der Waals surface area contributed by atoms with E-state index in [9.17, 15) is 0 Å². The summed E-state index contributed by atoms with van der Waals surface area (Å²) in [5.74, 6) is 1.67. The number of benzene rings is 2. The van der Waals surface area contributed by atoms with Crippen LogP contribution in [0.5, 0.6) is 5.75 Å². The molecule has 0 radical (unpaired) electrons. The molecule has 0 bridgehead atoms. The Morgan fingerprint density at radius 2 is 1.97 bits per heavy atom. The Morgan fingerprint density at radius 3 is 2.81 bits per heavy atom. The summed E-state index contributed by atoms with van der Waals surface area (Å²) in [6, 6.07) is 16.7. The monoisotopic (exact) mass is 431 g/mol. The second-order valence-corrected chi connectivity index (χ2v) is 8.26. The third kappa shape index (κ3) is 4.13. The second kappa shape index (κ2) is 9.14. The predicted molar refractivity (Wildman–Crippen MR) is 128 cm³/mol. The third-order valence-electron chi connectivity index (χ3n) is 5.75. The zero-order chi connectivity index (χ0) is 21.9. The molecule has 0 saturated carbocycles. The summed E-state index contributed by atoms with van der Waals surface area (Å²) in [6.07, 6.45) is 3.74. The molecule has 0 aliphatic carbocycles. The van der Waals surface area contributed by atoms with Crippen molar-refractivity contribution < 1.29 is 9.47 Å². The van der Waals surface area contributed by atoms with Gasteiger partial charge < -0.3 is 20.1 Å². The average Bonchev–Trinajstić information content (AvgIpc) is 3.22. The van der Waals surface area contributed by atoms with E-state index >= 15 is 0 Å². The smallest absolute Gasteiger partial charge is 0.139 e. The number of hydrogen-bond acceptors (Lipinski definition) is 6. The van der Waals surface area contributed by atoms with Crippen LogP contribution in [0, 0.1) is 0 Å². The maximum atomic E-state index is 6.00. The molecule has 166 valence electrons. The van der Waals surface area contributed by atoms with Crippen LogP contribution in [-0.4, -0.2) is 53.5 Å². The molecule has 2 N–H and O–H groups in total. The summed E-state index contributed by atoms with van der Waals surface area (Å²) in [5, 5.41) is 1.12. The van der Waals surface area contributed by atoms with Crippen LogP contribution in [0.3, 0.4) is 0 Å². The van der Waals surface area contributed by atoms with Crippen molar-refractivity contribution in [2.45, 2.75) is 25.8 Å². The number of nitrogens with zero attached hydrogens (tertiary/aromatic N) is 4. The van der Waals surface area contributed by atoms with E-state index < -0.39 is 0 Å². The summed E-state index contributed by atoms with van der Waals surface area (Å²) in [6.45, 7) is 6.01. The van der Waals surface area contributed by atoms with E-state index in [0.29, 0.717) is 6.61 Å².